The summed E-state index contributed by atoms with van der Waals surface area (Å²) < 4.78 is 10.5. The van der Waals surface area contributed by atoms with Crippen LogP contribution in [0.4, 0.5) is 0 Å². The van der Waals surface area contributed by atoms with Crippen molar-refractivity contribution in [1.29, 1.82) is 0 Å². The molecule has 0 aliphatic heterocycles. The Morgan fingerprint density at radius 1 is 1.19 bits per heavy atom. The Kier molecular flexibility index (Phi) is 2.41. The summed E-state index contributed by atoms with van der Waals surface area (Å²) in [5, 5.41) is 0. The van der Waals surface area contributed by atoms with Crippen LogP contribution in [-0.2, 0) is 5.41 Å². The van der Waals surface area contributed by atoms with Gasteiger partial charge in [-0.05, 0) is 17.0 Å². The predicted octanol–water partition coefficient (Wildman–Crippen LogP) is 2.57. The van der Waals surface area contributed by atoms with Crippen molar-refractivity contribution in [2.45, 2.75) is 25.7 Å². The molecule has 1 aliphatic carbocycles. The normalized spacial score (nSPS) is 17.1. The van der Waals surface area contributed by atoms with Gasteiger partial charge in [0, 0.05) is 12.5 Å². The molecule has 3 nitrogen and oxygen atoms in total. The highest BCUT2D eigenvalue weighted by molar-refractivity contribution is 6.04. The van der Waals surface area contributed by atoms with Gasteiger partial charge in [0.25, 0.3) is 0 Å². The zero-order valence-corrected chi connectivity index (χ0v) is 10.1. The van der Waals surface area contributed by atoms with Gasteiger partial charge >= 0.3 is 0 Å². The fraction of sp³-hybridized carbons (Fsp3) is 0.462. The number of rotatable bonds is 2. The van der Waals surface area contributed by atoms with Crippen molar-refractivity contribution in [3.8, 4) is 11.5 Å². The number of hydrogen-bond donors (Lipinski definition) is 0. The van der Waals surface area contributed by atoms with Crippen molar-refractivity contribution in [2.75, 3.05) is 14.2 Å². The van der Waals surface area contributed by atoms with Gasteiger partial charge in [-0.1, -0.05) is 13.8 Å². The summed E-state index contributed by atoms with van der Waals surface area (Å²) in [6.45, 7) is 4.13. The van der Waals surface area contributed by atoms with Gasteiger partial charge in [0.05, 0.1) is 19.8 Å². The van der Waals surface area contributed by atoms with Crippen LogP contribution in [0.5, 0.6) is 11.5 Å². The average molecular weight is 220 g/mol. The van der Waals surface area contributed by atoms with Crippen LogP contribution in [0, 0.1) is 0 Å². The van der Waals surface area contributed by atoms with Crippen LogP contribution in [-0.4, -0.2) is 20.0 Å². The molecule has 86 valence electrons. The highest BCUT2D eigenvalue weighted by Crippen LogP contribution is 2.44. The first-order valence-corrected chi connectivity index (χ1v) is 5.29. The second-order valence-corrected chi connectivity index (χ2v) is 4.74. The van der Waals surface area contributed by atoms with Gasteiger partial charge < -0.3 is 9.47 Å². The van der Waals surface area contributed by atoms with Crippen molar-refractivity contribution < 1.29 is 14.3 Å². The first kappa shape index (κ1) is 11.0. The van der Waals surface area contributed by atoms with Crippen molar-refractivity contribution in [3.63, 3.8) is 0 Å². The fourth-order valence-electron chi connectivity index (χ4n) is 2.28. The molecule has 0 saturated heterocycles. The Morgan fingerprint density at radius 2 is 1.88 bits per heavy atom. The molecule has 0 saturated carbocycles. The van der Waals surface area contributed by atoms with Gasteiger partial charge in [0.1, 0.15) is 11.5 Å². The molecule has 0 unspecified atom stereocenters. The highest BCUT2D eigenvalue weighted by Gasteiger charge is 2.38. The molecular formula is C13H16O3. The van der Waals surface area contributed by atoms with Crippen LogP contribution in [0.15, 0.2) is 12.1 Å². The monoisotopic (exact) mass is 220 g/mol. The molecule has 16 heavy (non-hydrogen) atoms. The van der Waals surface area contributed by atoms with E-state index in [1.807, 2.05) is 6.07 Å². The molecule has 1 aromatic carbocycles. The maximum atomic E-state index is 11.9. The standard InChI is InChI=1S/C13H16O3/c1-13(2)7-10(14)12-9(13)5-8(15-3)6-11(12)16-4/h5-6H,7H2,1-4H3. The molecule has 1 aromatic rings. The highest BCUT2D eigenvalue weighted by atomic mass is 16.5. The number of carbonyl (C=O) groups excluding carboxylic acids is 1. The second-order valence-electron chi connectivity index (χ2n) is 4.74. The number of ether oxygens (including phenoxy) is 2. The SMILES string of the molecule is COc1cc(OC)c2c(c1)C(C)(C)CC2=O. The van der Waals surface area contributed by atoms with Crippen LogP contribution in [0.3, 0.4) is 0 Å². The minimum absolute atomic E-state index is 0.131. The fourth-order valence-corrected chi connectivity index (χ4v) is 2.28. The third kappa shape index (κ3) is 1.47. The zero-order chi connectivity index (χ0) is 11.9. The first-order chi connectivity index (χ1) is 7.49. The van der Waals surface area contributed by atoms with Crippen LogP contribution >= 0.6 is 0 Å². The van der Waals surface area contributed by atoms with Gasteiger partial charge in [-0.25, -0.2) is 0 Å². The largest absolute Gasteiger partial charge is 0.497 e. The second kappa shape index (κ2) is 3.51. The molecule has 0 fully saturated rings. The summed E-state index contributed by atoms with van der Waals surface area (Å²) in [5.41, 5.74) is 1.61. The van der Waals surface area contributed by atoms with E-state index in [0.29, 0.717) is 17.7 Å². The minimum atomic E-state index is -0.131. The van der Waals surface area contributed by atoms with E-state index in [9.17, 15) is 4.79 Å². The van der Waals surface area contributed by atoms with Crippen LogP contribution < -0.4 is 9.47 Å². The summed E-state index contributed by atoms with van der Waals surface area (Å²) in [4.78, 5) is 11.9. The van der Waals surface area contributed by atoms with Gasteiger partial charge in [-0.15, -0.1) is 0 Å². The third-order valence-electron chi connectivity index (χ3n) is 3.14. The Hall–Kier alpha value is -1.51. The lowest BCUT2D eigenvalue weighted by atomic mass is 9.86. The van der Waals surface area contributed by atoms with Gasteiger partial charge in [0.2, 0.25) is 0 Å². The number of carbonyl (C=O) groups is 1. The van der Waals surface area contributed by atoms with Crippen LogP contribution in [0.25, 0.3) is 0 Å². The van der Waals surface area contributed by atoms with E-state index >= 15 is 0 Å². The molecule has 0 atom stereocenters. The molecule has 2 rings (SSSR count). The van der Waals surface area contributed by atoms with E-state index in [-0.39, 0.29) is 11.2 Å². The molecule has 0 radical (unpaired) electrons. The molecular weight excluding hydrogens is 204 g/mol. The number of benzene rings is 1. The van der Waals surface area contributed by atoms with Crippen molar-refractivity contribution in [3.05, 3.63) is 23.3 Å². The lowest BCUT2D eigenvalue weighted by Crippen LogP contribution is -2.12. The maximum Gasteiger partial charge on any atom is 0.167 e. The Morgan fingerprint density at radius 3 is 2.44 bits per heavy atom. The molecule has 0 N–H and O–H groups in total. The Labute approximate surface area is 95.4 Å². The van der Waals surface area contributed by atoms with E-state index in [2.05, 4.69) is 13.8 Å². The van der Waals surface area contributed by atoms with E-state index in [1.54, 1.807) is 20.3 Å². The summed E-state index contributed by atoms with van der Waals surface area (Å²) in [6, 6.07) is 3.70. The van der Waals surface area contributed by atoms with Crippen LogP contribution in [0.1, 0.15) is 36.2 Å². The number of methoxy groups -OCH3 is 2. The quantitative estimate of drug-likeness (QED) is 0.768. The molecule has 3 heteroatoms. The molecule has 0 bridgehead atoms. The number of Topliss-reactive ketones (excluding diaryl/α,β-unsaturated/α-hetero) is 1. The molecule has 0 aromatic heterocycles. The predicted molar refractivity (Wildman–Crippen MR) is 61.5 cm³/mol. The summed E-state index contributed by atoms with van der Waals surface area (Å²) >= 11 is 0. The smallest absolute Gasteiger partial charge is 0.167 e. The number of hydrogen-bond acceptors (Lipinski definition) is 3. The maximum absolute atomic E-state index is 11.9. The topological polar surface area (TPSA) is 35.5 Å². The third-order valence-corrected chi connectivity index (χ3v) is 3.14. The first-order valence-electron chi connectivity index (χ1n) is 5.29. The molecule has 1 aliphatic rings. The summed E-state index contributed by atoms with van der Waals surface area (Å²) in [5.74, 6) is 1.50. The number of fused-ring (bicyclic) bond motifs is 1. The Balaban J connectivity index is 2.69. The minimum Gasteiger partial charge on any atom is -0.497 e. The number of ketones is 1. The van der Waals surface area contributed by atoms with Gasteiger partial charge in [-0.3, -0.25) is 4.79 Å². The van der Waals surface area contributed by atoms with E-state index in [4.69, 9.17) is 9.47 Å². The Bertz CT molecular complexity index is 447. The molecule has 0 spiro atoms. The van der Waals surface area contributed by atoms with Crippen molar-refractivity contribution >= 4 is 5.78 Å². The summed E-state index contributed by atoms with van der Waals surface area (Å²) in [6.07, 6.45) is 0.534. The summed E-state index contributed by atoms with van der Waals surface area (Å²) in [7, 11) is 3.19. The molecule has 0 heterocycles. The van der Waals surface area contributed by atoms with E-state index in [0.717, 1.165) is 11.3 Å². The lowest BCUT2D eigenvalue weighted by Gasteiger charge is -2.19. The van der Waals surface area contributed by atoms with Crippen LogP contribution in [0.2, 0.25) is 0 Å². The van der Waals surface area contributed by atoms with E-state index in [1.165, 1.54) is 0 Å². The lowest BCUT2D eigenvalue weighted by molar-refractivity contribution is 0.0977. The van der Waals surface area contributed by atoms with Gasteiger partial charge in [-0.2, -0.15) is 0 Å². The van der Waals surface area contributed by atoms with Gasteiger partial charge in [0.15, 0.2) is 5.78 Å². The van der Waals surface area contributed by atoms with Crippen molar-refractivity contribution in [2.24, 2.45) is 0 Å². The molecule has 0 amide bonds. The van der Waals surface area contributed by atoms with E-state index < -0.39 is 0 Å². The van der Waals surface area contributed by atoms with Crippen molar-refractivity contribution in [1.82, 2.24) is 0 Å². The zero-order valence-electron chi connectivity index (χ0n) is 10.1. The average Bonchev–Trinajstić information content (AvgIpc) is 2.48.